The lowest BCUT2D eigenvalue weighted by molar-refractivity contribution is -0.109. The molecule has 500 valence electrons. The first-order valence-corrected chi connectivity index (χ1v) is 41.6. The molecule has 0 aliphatic carbocycles. The molecule has 4 aliphatic rings. The minimum Gasteiger partial charge on any atom is -0.478 e. The van der Waals surface area contributed by atoms with Crippen molar-refractivity contribution in [3.8, 4) is 18.0 Å². The number of aromatic amines is 1. The van der Waals surface area contributed by atoms with Gasteiger partial charge in [-0.25, -0.2) is 18.0 Å². The summed E-state index contributed by atoms with van der Waals surface area (Å²) in [6, 6.07) is 10.6. The van der Waals surface area contributed by atoms with Crippen molar-refractivity contribution in [1.82, 2.24) is 19.1 Å². The molecule has 89 heavy (non-hydrogen) atoms. The lowest BCUT2D eigenvalue weighted by Crippen LogP contribution is -2.66. The van der Waals surface area contributed by atoms with Crippen LogP contribution >= 0.6 is 10.7 Å². The first-order valence-electron chi connectivity index (χ1n) is 31.4. The van der Waals surface area contributed by atoms with Gasteiger partial charge >= 0.3 is 45.6 Å². The second-order valence-corrected chi connectivity index (χ2v) is 47.4. The number of nitriles is 2. The molecule has 6 heterocycles. The first-order chi connectivity index (χ1) is 41.1. The van der Waals surface area contributed by atoms with E-state index in [1.165, 1.54) is 12.3 Å². The van der Waals surface area contributed by atoms with Gasteiger partial charge in [0.25, 0.3) is 26.1 Å². The van der Waals surface area contributed by atoms with E-state index in [-0.39, 0.29) is 75.3 Å². The number of benzene rings is 1. The van der Waals surface area contributed by atoms with E-state index in [0.717, 1.165) is 38.1 Å². The molecule has 4 aliphatic heterocycles. The summed E-state index contributed by atoms with van der Waals surface area (Å²) in [7, 11) is -9.85. The second kappa shape index (κ2) is 29.3. The van der Waals surface area contributed by atoms with Gasteiger partial charge < -0.3 is 50.4 Å². The second-order valence-electron chi connectivity index (χ2n) is 27.2. The maximum atomic E-state index is 12.9. The van der Waals surface area contributed by atoms with Gasteiger partial charge in [-0.3, -0.25) is 18.9 Å². The summed E-state index contributed by atoms with van der Waals surface area (Å²) in [6.45, 7) is 47.7. The number of aliphatic hydroxyl groups excluding tert-OH is 2. The molecule has 0 unspecified atom stereocenters. The van der Waals surface area contributed by atoms with Crippen LogP contribution in [0, 0.1) is 22.7 Å². The number of ether oxygens (including phenoxy) is 3. The zero-order valence-electron chi connectivity index (χ0n) is 56.5. The largest absolute Gasteiger partial charge is 0.478 e. The Bertz CT molecular complexity index is 3250. The van der Waals surface area contributed by atoms with Crippen LogP contribution in [0.4, 0.5) is 0 Å². The highest BCUT2D eigenvalue weighted by Gasteiger charge is 2.67. The third kappa shape index (κ3) is 14.7. The molecular weight excluding hydrogens is 1250 g/mol. The molecule has 4 fully saturated rings. The van der Waals surface area contributed by atoms with Gasteiger partial charge in [0.1, 0.15) is 48.8 Å². The number of hydrogen-bond donors (Lipinski definition) is 3. The summed E-state index contributed by atoms with van der Waals surface area (Å²) in [5.41, 5.74) is -2.96. The number of aromatic nitrogens is 4. The van der Waals surface area contributed by atoms with Crippen LogP contribution < -0.4 is 21.7 Å². The number of nitrogens with zero attached hydrogens (tertiary/aromatic N) is 5. The average Bonchev–Trinajstić information content (AvgIpc) is 1.70. The van der Waals surface area contributed by atoms with Crippen molar-refractivity contribution in [2.24, 2.45) is 0 Å². The average molecular weight is 1350 g/mol. The van der Waals surface area contributed by atoms with E-state index in [4.69, 9.17) is 50.8 Å². The molecule has 7 rings (SSSR count). The van der Waals surface area contributed by atoms with Gasteiger partial charge in [-0.1, -0.05) is 164 Å². The summed E-state index contributed by atoms with van der Waals surface area (Å²) < 4.78 is 84.6. The minimum atomic E-state index is -3.72. The van der Waals surface area contributed by atoms with Crippen LogP contribution in [0.15, 0.2) is 55.9 Å². The van der Waals surface area contributed by atoms with Crippen molar-refractivity contribution in [2.75, 3.05) is 19.8 Å². The third-order valence-corrected chi connectivity index (χ3v) is 39.7. The van der Waals surface area contributed by atoms with Gasteiger partial charge in [0.15, 0.2) is 0 Å². The van der Waals surface area contributed by atoms with Crippen molar-refractivity contribution in [3.05, 3.63) is 84.7 Å². The molecular formula is C61H101ClN6O16SSi4. The molecule has 3 N–H and O–H groups in total. The molecule has 22 nitrogen and oxygen atoms in total. The van der Waals surface area contributed by atoms with Crippen LogP contribution in [-0.4, -0.2) is 128 Å². The van der Waals surface area contributed by atoms with Crippen LogP contribution in [0.1, 0.15) is 194 Å². The Hall–Kier alpha value is -3.73. The molecule has 0 spiro atoms. The zero-order valence-corrected chi connectivity index (χ0v) is 62.1. The highest BCUT2D eigenvalue weighted by molar-refractivity contribution is 8.13. The van der Waals surface area contributed by atoms with Gasteiger partial charge in [0.05, 0.1) is 24.7 Å². The topological polar surface area (TPSA) is 295 Å². The fourth-order valence-electron chi connectivity index (χ4n) is 12.8. The quantitative estimate of drug-likeness (QED) is 0.0887. The van der Waals surface area contributed by atoms with E-state index in [9.17, 15) is 43.5 Å². The molecule has 28 heteroatoms. The summed E-state index contributed by atoms with van der Waals surface area (Å²) in [5.74, 6) is 0.746. The monoisotopic (exact) mass is 1350 g/mol. The number of nitrogens with one attached hydrogen (secondary N) is 1. The number of rotatable bonds is 16. The molecule has 0 radical (unpaired) electrons. The van der Waals surface area contributed by atoms with Crippen LogP contribution in [0.3, 0.4) is 0 Å². The van der Waals surface area contributed by atoms with Gasteiger partial charge in [0.2, 0.25) is 5.88 Å². The standard InChI is InChI=1S/C24H41N3O7Si2.C22H37N3O7Si2.C15H23ClO2S/c1-10-30-20-11-12-27(23(29)26-20)24(14-25)22(28)21-19(32-24)13-31-35(15(2)3,16(4)5)34-36(33-21,17(6)7)18(8)9;1-13(2)33(14(3)4)29-11-17-19(31-34(32-33,15(5)6)16(7)8)20(27)22(12-23,30-17)25-10-9-18(26)24-21(25)28;1-9(2)12-7-13(10(3)4)15(19(16,17)18)14(8-12)11(5)6/h11-12,15-19,21-22,28H,10,13H2,1-9H3;9-10,13-17,19-20,27H,11H2,1-8H3,(H,24,26,28);7-11H,1-6H3/t19-,21-,22-,24-;17-,19-,20-,22-;/m11./s1. The Morgan fingerprint density at radius 2 is 1.00 bits per heavy atom. The number of hydrogen-bond acceptors (Lipinski definition) is 19. The molecule has 0 bridgehead atoms. The van der Waals surface area contributed by atoms with Crippen molar-refractivity contribution in [3.63, 3.8) is 0 Å². The number of aliphatic hydroxyl groups is 2. The maximum absolute atomic E-state index is 12.9. The number of H-pyrrole nitrogens is 1. The van der Waals surface area contributed by atoms with Gasteiger partial charge in [-0.05, 0) is 85.7 Å². The Labute approximate surface area is 536 Å². The Morgan fingerprint density at radius 3 is 1.30 bits per heavy atom. The van der Waals surface area contributed by atoms with Crippen LogP contribution in [0.2, 0.25) is 44.3 Å². The van der Waals surface area contributed by atoms with E-state index in [0.29, 0.717) is 17.4 Å². The lowest BCUT2D eigenvalue weighted by Gasteiger charge is -2.51. The summed E-state index contributed by atoms with van der Waals surface area (Å²) in [5, 5.41) is 43.5. The predicted molar refractivity (Wildman–Crippen MR) is 349 cm³/mol. The van der Waals surface area contributed by atoms with E-state index < -0.39 is 108 Å². The van der Waals surface area contributed by atoms with Gasteiger partial charge in [-0.15, -0.1) is 0 Å². The van der Waals surface area contributed by atoms with E-state index in [2.05, 4.69) is 135 Å². The van der Waals surface area contributed by atoms with E-state index >= 15 is 0 Å². The van der Waals surface area contributed by atoms with Crippen LogP contribution in [0.5, 0.6) is 5.88 Å². The fourth-order valence-corrected chi connectivity index (χ4v) is 36.9. The number of halogens is 1. The highest BCUT2D eigenvalue weighted by atomic mass is 35.7. The SMILES string of the molecule is CC(C)[Si]1(C(C)C)OC[C@H]2O[C@@](C#N)(n3ccc(=O)[nH]c3=O)[C@H](O)[C@@H]2O[Si](C(C)C)(C(C)C)O1.CC(C)c1cc(C(C)C)c(S(=O)(=O)Cl)c(C(C)C)c1.CCOc1ccn([C@]2(C#N)O[C@@H]3CO[Si](C(C)C)(C(C)C)O[Si](C(C)C)(C(C)C)O[C@H]3[C@H]2O)c(=O)n1. The third-order valence-electron chi connectivity index (χ3n) is 17.7. The van der Waals surface area contributed by atoms with E-state index in [1.54, 1.807) is 6.92 Å². The van der Waals surface area contributed by atoms with Crippen molar-refractivity contribution in [2.45, 2.75) is 274 Å². The minimum absolute atomic E-state index is 0.0133. The summed E-state index contributed by atoms with van der Waals surface area (Å²) in [6.07, 6.45) is -3.96. The van der Waals surface area contributed by atoms with Gasteiger partial charge in [0, 0.05) is 35.2 Å². The molecule has 4 saturated heterocycles. The molecule has 0 amide bonds. The Morgan fingerprint density at radius 1 is 0.629 bits per heavy atom. The number of fused-ring (bicyclic) bond motifs is 2. The molecule has 3 aromatic rings. The molecule has 8 atom stereocenters. The Kier molecular flexibility index (Phi) is 25.0. The smallest absolute Gasteiger partial charge is 0.354 e. The lowest BCUT2D eigenvalue weighted by atomic mass is 9.89. The van der Waals surface area contributed by atoms with Crippen LogP contribution in [-0.2, 0) is 55.9 Å². The highest BCUT2D eigenvalue weighted by Crippen LogP contribution is 2.52. The van der Waals surface area contributed by atoms with Crippen molar-refractivity contribution >= 4 is 54.0 Å². The Balaban J connectivity index is 0.000000255. The van der Waals surface area contributed by atoms with Crippen molar-refractivity contribution < 1.29 is 58.8 Å². The fraction of sp³-hybridized carbons (Fsp3) is 0.738. The van der Waals surface area contributed by atoms with Gasteiger partial charge in [-0.2, -0.15) is 15.5 Å². The predicted octanol–water partition coefficient (Wildman–Crippen LogP) is 10.9. The normalized spacial score (nSPS) is 26.6. The molecule has 0 saturated carbocycles. The van der Waals surface area contributed by atoms with Crippen LogP contribution in [0.25, 0.3) is 0 Å². The molecule has 1 aromatic carbocycles. The summed E-state index contributed by atoms with van der Waals surface area (Å²) in [4.78, 5) is 43.5. The zero-order chi connectivity index (χ0) is 67.6. The maximum Gasteiger partial charge on any atom is 0.354 e. The van der Waals surface area contributed by atoms with Crippen molar-refractivity contribution in [1.29, 1.82) is 10.5 Å². The molecule has 2 aromatic heterocycles. The van der Waals surface area contributed by atoms with E-state index in [1.807, 2.05) is 52.0 Å². The summed E-state index contributed by atoms with van der Waals surface area (Å²) >= 11 is 0. The first kappa shape index (κ1) is 76.0.